The molecule has 1 saturated carbocycles. The van der Waals surface area contributed by atoms with Gasteiger partial charge >= 0.3 is 0 Å². The summed E-state index contributed by atoms with van der Waals surface area (Å²) in [6, 6.07) is -0.0349. The van der Waals surface area contributed by atoms with Crippen molar-refractivity contribution in [2.24, 2.45) is 5.92 Å². The number of pyridine rings is 1. The van der Waals surface area contributed by atoms with Crippen LogP contribution < -0.4 is 10.7 Å². The number of amides is 2. The molecule has 158 valence electrons. The number of carbonyl (C=O) groups is 2. The molecule has 8 heteroatoms. The molecular weight excluding hydrogens is 374 g/mol. The number of carbonyl (C=O) groups excluding carboxylic acids is 2. The average molecular weight is 403 g/mol. The molecule has 2 amide bonds. The highest BCUT2D eigenvalue weighted by Crippen LogP contribution is 2.29. The maximum atomic E-state index is 12.9. The van der Waals surface area contributed by atoms with Gasteiger partial charge in [0, 0.05) is 18.8 Å². The van der Waals surface area contributed by atoms with E-state index in [1.54, 1.807) is 4.90 Å². The molecule has 1 saturated heterocycles. The maximum Gasteiger partial charge on any atom is 0.276 e. The molecule has 4 rings (SSSR count). The first kappa shape index (κ1) is 19.9. The largest absolute Gasteiger partial charge is 0.503 e. The van der Waals surface area contributed by atoms with E-state index in [-0.39, 0.29) is 23.8 Å². The van der Waals surface area contributed by atoms with Crippen LogP contribution in [0.5, 0.6) is 5.75 Å². The predicted octanol–water partition coefficient (Wildman–Crippen LogP) is 1.84. The third kappa shape index (κ3) is 3.77. The van der Waals surface area contributed by atoms with Crippen LogP contribution in [0, 0.1) is 5.92 Å². The normalized spacial score (nSPS) is 24.7. The Labute approximate surface area is 169 Å². The Balaban J connectivity index is 1.52. The fraction of sp³-hybridized carbons (Fsp3) is 0.667. The summed E-state index contributed by atoms with van der Waals surface area (Å²) in [5.41, 5.74) is -1.01. The number of fused-ring (bicyclic) bond motifs is 2. The molecule has 0 aromatic carbocycles. The van der Waals surface area contributed by atoms with E-state index in [1.165, 1.54) is 42.9 Å². The molecule has 29 heavy (non-hydrogen) atoms. The number of aromatic hydroxyl groups is 1. The Morgan fingerprint density at radius 2 is 2.00 bits per heavy atom. The fourth-order valence-electron chi connectivity index (χ4n) is 4.78. The van der Waals surface area contributed by atoms with Crippen molar-refractivity contribution in [3.05, 3.63) is 27.7 Å². The first-order valence-corrected chi connectivity index (χ1v) is 10.7. The molecule has 0 unspecified atom stereocenters. The molecule has 2 atom stereocenters. The fourth-order valence-corrected chi connectivity index (χ4v) is 4.78. The van der Waals surface area contributed by atoms with Crippen molar-refractivity contribution in [3.8, 4) is 5.75 Å². The molecule has 2 fully saturated rings. The highest BCUT2D eigenvalue weighted by atomic mass is 16.5. The molecule has 0 spiro atoms. The molecule has 2 N–H and O–H groups in total. The Morgan fingerprint density at radius 1 is 1.24 bits per heavy atom. The third-order valence-electron chi connectivity index (χ3n) is 6.48. The minimum absolute atomic E-state index is 0.0349. The molecule has 1 aliphatic carbocycles. The van der Waals surface area contributed by atoms with Gasteiger partial charge in [-0.2, -0.15) is 0 Å². The molecular formula is C21H29N3O5. The molecule has 3 aliphatic rings. The lowest BCUT2D eigenvalue weighted by Gasteiger charge is -2.44. The van der Waals surface area contributed by atoms with Gasteiger partial charge in [-0.1, -0.05) is 32.1 Å². The van der Waals surface area contributed by atoms with Crippen molar-refractivity contribution in [1.29, 1.82) is 0 Å². The van der Waals surface area contributed by atoms with Gasteiger partial charge in [-0.25, -0.2) is 0 Å². The Bertz CT molecular complexity index is 859. The summed E-state index contributed by atoms with van der Waals surface area (Å²) in [6.07, 6.45) is 8.67. The van der Waals surface area contributed by atoms with Gasteiger partial charge in [0.25, 0.3) is 11.8 Å². The van der Waals surface area contributed by atoms with Crippen LogP contribution in [-0.2, 0) is 11.3 Å². The number of hydrogen-bond donors (Lipinski definition) is 2. The van der Waals surface area contributed by atoms with Gasteiger partial charge < -0.3 is 24.6 Å². The van der Waals surface area contributed by atoms with Gasteiger partial charge in [0.2, 0.25) is 5.43 Å². The van der Waals surface area contributed by atoms with Crippen LogP contribution >= 0.6 is 0 Å². The number of rotatable bonds is 4. The van der Waals surface area contributed by atoms with Crippen LogP contribution in [0.3, 0.4) is 0 Å². The van der Waals surface area contributed by atoms with Gasteiger partial charge in [-0.3, -0.25) is 14.4 Å². The summed E-state index contributed by atoms with van der Waals surface area (Å²) >= 11 is 0. The number of nitrogens with zero attached hydrogens (tertiary/aromatic N) is 2. The smallest absolute Gasteiger partial charge is 0.276 e. The molecule has 2 aliphatic heterocycles. The summed E-state index contributed by atoms with van der Waals surface area (Å²) in [7, 11) is 0. The SMILES string of the molecule is C[C@@H]1CCO[C@H]2Cn3cc(C(=O)NCCC4CCCCC4)c(=O)c(O)c3C(=O)N12. The van der Waals surface area contributed by atoms with E-state index in [9.17, 15) is 19.5 Å². The topological polar surface area (TPSA) is 101 Å². The van der Waals surface area contributed by atoms with Crippen molar-refractivity contribution in [2.75, 3.05) is 13.2 Å². The highest BCUT2D eigenvalue weighted by Gasteiger charge is 2.41. The lowest BCUT2D eigenvalue weighted by molar-refractivity contribution is -0.112. The lowest BCUT2D eigenvalue weighted by atomic mass is 9.87. The minimum atomic E-state index is -0.802. The zero-order chi connectivity index (χ0) is 20.5. The number of nitrogens with one attached hydrogen (secondary N) is 1. The van der Waals surface area contributed by atoms with Crippen molar-refractivity contribution in [3.63, 3.8) is 0 Å². The monoisotopic (exact) mass is 403 g/mol. The van der Waals surface area contributed by atoms with Gasteiger partial charge in [0.1, 0.15) is 5.56 Å². The summed E-state index contributed by atoms with van der Waals surface area (Å²) in [6.45, 7) is 3.25. The lowest BCUT2D eigenvalue weighted by Crippen LogP contribution is -2.57. The van der Waals surface area contributed by atoms with Gasteiger partial charge in [0.05, 0.1) is 13.2 Å². The van der Waals surface area contributed by atoms with Gasteiger partial charge in [0.15, 0.2) is 17.7 Å². The van der Waals surface area contributed by atoms with Crippen LogP contribution in [0.15, 0.2) is 11.0 Å². The van der Waals surface area contributed by atoms with E-state index in [4.69, 9.17) is 4.74 Å². The Morgan fingerprint density at radius 3 is 2.76 bits per heavy atom. The van der Waals surface area contributed by atoms with Crippen LogP contribution in [0.2, 0.25) is 0 Å². The van der Waals surface area contributed by atoms with Gasteiger partial charge in [-0.05, 0) is 25.7 Å². The quantitative estimate of drug-likeness (QED) is 0.799. The molecule has 0 radical (unpaired) electrons. The predicted molar refractivity (Wildman–Crippen MR) is 106 cm³/mol. The van der Waals surface area contributed by atoms with Gasteiger partial charge in [-0.15, -0.1) is 0 Å². The second-order valence-electron chi connectivity index (χ2n) is 8.45. The average Bonchev–Trinajstić information content (AvgIpc) is 2.71. The summed E-state index contributed by atoms with van der Waals surface area (Å²) in [5, 5.41) is 13.3. The number of aromatic nitrogens is 1. The Kier molecular flexibility index (Phi) is 5.63. The number of ether oxygens (including phenoxy) is 1. The van der Waals surface area contributed by atoms with E-state index in [0.717, 1.165) is 6.42 Å². The molecule has 0 bridgehead atoms. The van der Waals surface area contributed by atoms with E-state index < -0.39 is 29.2 Å². The second kappa shape index (κ2) is 8.18. The van der Waals surface area contributed by atoms with E-state index in [1.807, 2.05) is 6.92 Å². The van der Waals surface area contributed by atoms with Crippen molar-refractivity contribution < 1.29 is 19.4 Å². The van der Waals surface area contributed by atoms with E-state index in [0.29, 0.717) is 25.5 Å². The Hall–Kier alpha value is -2.35. The second-order valence-corrected chi connectivity index (χ2v) is 8.45. The summed E-state index contributed by atoms with van der Waals surface area (Å²) in [5.74, 6) is -0.987. The zero-order valence-corrected chi connectivity index (χ0v) is 16.9. The molecule has 8 nitrogen and oxygen atoms in total. The first-order valence-electron chi connectivity index (χ1n) is 10.7. The molecule has 3 heterocycles. The van der Waals surface area contributed by atoms with Crippen LogP contribution in [0.25, 0.3) is 0 Å². The van der Waals surface area contributed by atoms with Crippen molar-refractivity contribution in [1.82, 2.24) is 14.8 Å². The van der Waals surface area contributed by atoms with Crippen LogP contribution in [-0.4, -0.2) is 51.8 Å². The first-order chi connectivity index (χ1) is 14.0. The third-order valence-corrected chi connectivity index (χ3v) is 6.48. The standard InChI is InChI=1S/C21H29N3O5/c1-13-8-10-29-16-12-23-11-15(18(25)19(26)17(23)21(28)24(13)16)20(27)22-9-7-14-5-3-2-4-6-14/h11,13-14,16,26H,2-10,12H2,1H3,(H,22,27)/t13-,16+/m1/s1. The highest BCUT2D eigenvalue weighted by molar-refractivity contribution is 5.99. The zero-order valence-electron chi connectivity index (χ0n) is 16.9. The van der Waals surface area contributed by atoms with Crippen molar-refractivity contribution >= 4 is 11.8 Å². The molecule has 1 aromatic rings. The maximum absolute atomic E-state index is 12.9. The minimum Gasteiger partial charge on any atom is -0.503 e. The van der Waals surface area contributed by atoms with E-state index >= 15 is 0 Å². The van der Waals surface area contributed by atoms with Crippen LogP contribution in [0.1, 0.15) is 72.7 Å². The van der Waals surface area contributed by atoms with Crippen LogP contribution in [0.4, 0.5) is 0 Å². The van der Waals surface area contributed by atoms with Crippen molar-refractivity contribution in [2.45, 2.75) is 70.7 Å². The molecule has 1 aromatic heterocycles. The summed E-state index contributed by atoms with van der Waals surface area (Å²) in [4.78, 5) is 39.7. The number of hydrogen-bond acceptors (Lipinski definition) is 5. The summed E-state index contributed by atoms with van der Waals surface area (Å²) < 4.78 is 7.19. The van der Waals surface area contributed by atoms with E-state index in [2.05, 4.69) is 5.32 Å².